The normalized spacial score (nSPS) is 14.3. The lowest BCUT2D eigenvalue weighted by molar-refractivity contribution is 0.669. The molecule has 0 aromatic heterocycles. The van der Waals surface area contributed by atoms with E-state index in [4.69, 9.17) is 17.3 Å². The summed E-state index contributed by atoms with van der Waals surface area (Å²) in [7, 11) is 2.09. The van der Waals surface area contributed by atoms with Gasteiger partial charge >= 0.3 is 0 Å². The highest BCUT2D eigenvalue weighted by Gasteiger charge is 2.13. The maximum absolute atomic E-state index is 6.34. The van der Waals surface area contributed by atoms with Gasteiger partial charge in [0.05, 0.1) is 10.7 Å². The van der Waals surface area contributed by atoms with Gasteiger partial charge in [-0.15, -0.1) is 0 Å². The molecule has 0 fully saturated rings. The van der Waals surface area contributed by atoms with Crippen LogP contribution in [0.15, 0.2) is 18.2 Å². The SMILES string of the molecule is CSCCC(C)N(C)c1ccc([C@H](C)N)cc1Cl. The van der Waals surface area contributed by atoms with Crippen molar-refractivity contribution in [2.45, 2.75) is 32.4 Å². The van der Waals surface area contributed by atoms with Crippen LogP contribution in [0.3, 0.4) is 0 Å². The van der Waals surface area contributed by atoms with Gasteiger partial charge in [0.15, 0.2) is 0 Å². The van der Waals surface area contributed by atoms with Gasteiger partial charge in [0.2, 0.25) is 0 Å². The van der Waals surface area contributed by atoms with Crippen LogP contribution in [0.4, 0.5) is 5.69 Å². The fourth-order valence-corrected chi connectivity index (χ4v) is 2.71. The molecule has 0 heterocycles. The summed E-state index contributed by atoms with van der Waals surface area (Å²) in [5, 5.41) is 0.781. The molecule has 0 saturated heterocycles. The molecule has 0 aliphatic carbocycles. The highest BCUT2D eigenvalue weighted by molar-refractivity contribution is 7.98. The van der Waals surface area contributed by atoms with Gasteiger partial charge in [0, 0.05) is 19.1 Å². The van der Waals surface area contributed by atoms with Gasteiger partial charge in [0.1, 0.15) is 0 Å². The van der Waals surface area contributed by atoms with Crippen LogP contribution in [0.25, 0.3) is 0 Å². The molecule has 0 radical (unpaired) electrons. The number of benzene rings is 1. The standard InChI is InChI=1S/C14H23ClN2S/c1-10(7-8-18-4)17(3)14-6-5-12(11(2)16)9-13(14)15/h5-6,9-11H,7-8,16H2,1-4H3/t10?,11-/m0/s1. The second kappa shape index (κ2) is 7.27. The van der Waals surface area contributed by atoms with Gasteiger partial charge in [0.25, 0.3) is 0 Å². The van der Waals surface area contributed by atoms with E-state index in [0.717, 1.165) is 22.7 Å². The minimum atomic E-state index is 0.0239. The van der Waals surface area contributed by atoms with Crippen LogP contribution in [0.5, 0.6) is 0 Å². The maximum atomic E-state index is 6.34. The van der Waals surface area contributed by atoms with E-state index in [0.29, 0.717) is 6.04 Å². The summed E-state index contributed by atoms with van der Waals surface area (Å²) in [5.41, 5.74) is 8.02. The van der Waals surface area contributed by atoms with E-state index in [1.807, 2.05) is 24.8 Å². The van der Waals surface area contributed by atoms with Crippen molar-refractivity contribution in [2.24, 2.45) is 5.73 Å². The lowest BCUT2D eigenvalue weighted by atomic mass is 10.1. The third kappa shape index (κ3) is 4.08. The number of nitrogens with two attached hydrogens (primary N) is 1. The molecule has 2 N–H and O–H groups in total. The predicted octanol–water partition coefficient (Wildman–Crippen LogP) is 3.94. The zero-order chi connectivity index (χ0) is 13.7. The zero-order valence-electron chi connectivity index (χ0n) is 11.6. The molecule has 0 spiro atoms. The van der Waals surface area contributed by atoms with Gasteiger partial charge in [-0.3, -0.25) is 0 Å². The van der Waals surface area contributed by atoms with E-state index in [1.165, 1.54) is 5.75 Å². The van der Waals surface area contributed by atoms with Crippen LogP contribution in [0, 0.1) is 0 Å². The van der Waals surface area contributed by atoms with Gasteiger partial charge in [-0.1, -0.05) is 17.7 Å². The predicted molar refractivity (Wildman–Crippen MR) is 84.9 cm³/mol. The summed E-state index contributed by atoms with van der Waals surface area (Å²) >= 11 is 8.22. The topological polar surface area (TPSA) is 29.3 Å². The Morgan fingerprint density at radius 1 is 1.39 bits per heavy atom. The van der Waals surface area contributed by atoms with Crippen molar-refractivity contribution in [1.82, 2.24) is 0 Å². The highest BCUT2D eigenvalue weighted by atomic mass is 35.5. The molecule has 1 aromatic carbocycles. The van der Waals surface area contributed by atoms with Crippen LogP contribution in [-0.2, 0) is 0 Å². The molecule has 2 nitrogen and oxygen atoms in total. The average molecular weight is 287 g/mol. The number of thioether (sulfide) groups is 1. The Bertz CT molecular complexity index is 382. The molecular formula is C14H23ClN2S. The van der Waals surface area contributed by atoms with Gasteiger partial charge < -0.3 is 10.6 Å². The van der Waals surface area contributed by atoms with Crippen LogP contribution in [0.2, 0.25) is 5.02 Å². The van der Waals surface area contributed by atoms with Crippen molar-refractivity contribution in [1.29, 1.82) is 0 Å². The number of nitrogens with zero attached hydrogens (tertiary/aromatic N) is 1. The van der Waals surface area contributed by atoms with Crippen LogP contribution < -0.4 is 10.6 Å². The number of halogens is 1. The zero-order valence-corrected chi connectivity index (χ0v) is 13.2. The van der Waals surface area contributed by atoms with Crippen molar-refractivity contribution in [3.05, 3.63) is 28.8 Å². The number of rotatable bonds is 6. The van der Waals surface area contributed by atoms with Crippen molar-refractivity contribution in [3.8, 4) is 0 Å². The first-order valence-corrected chi connectivity index (χ1v) is 8.01. The van der Waals surface area contributed by atoms with Gasteiger partial charge in [-0.2, -0.15) is 11.8 Å². The summed E-state index contributed by atoms with van der Waals surface area (Å²) in [6.45, 7) is 4.20. The van der Waals surface area contributed by atoms with Crippen LogP contribution in [0.1, 0.15) is 31.9 Å². The Hall–Kier alpha value is -0.380. The molecule has 0 bridgehead atoms. The number of anilines is 1. The first-order chi connectivity index (χ1) is 8.47. The summed E-state index contributed by atoms with van der Waals surface area (Å²) in [6.07, 6.45) is 3.29. The molecule has 102 valence electrons. The summed E-state index contributed by atoms with van der Waals surface area (Å²) in [6, 6.07) is 6.60. The van der Waals surface area contributed by atoms with E-state index in [2.05, 4.69) is 37.3 Å². The molecular weight excluding hydrogens is 264 g/mol. The fourth-order valence-electron chi connectivity index (χ4n) is 1.81. The Balaban J connectivity index is 2.82. The minimum absolute atomic E-state index is 0.0239. The molecule has 0 saturated carbocycles. The Labute approximate surface area is 120 Å². The smallest absolute Gasteiger partial charge is 0.0642 e. The second-order valence-corrected chi connectivity index (χ2v) is 6.13. The van der Waals surface area contributed by atoms with Crippen molar-refractivity contribution in [3.63, 3.8) is 0 Å². The van der Waals surface area contributed by atoms with E-state index in [-0.39, 0.29) is 6.04 Å². The van der Waals surface area contributed by atoms with E-state index in [9.17, 15) is 0 Å². The highest BCUT2D eigenvalue weighted by Crippen LogP contribution is 2.29. The molecule has 4 heteroatoms. The Kier molecular flexibility index (Phi) is 6.33. The average Bonchev–Trinajstić information content (AvgIpc) is 2.34. The minimum Gasteiger partial charge on any atom is -0.371 e. The molecule has 0 amide bonds. The Morgan fingerprint density at radius 3 is 2.56 bits per heavy atom. The van der Waals surface area contributed by atoms with Crippen molar-refractivity contribution in [2.75, 3.05) is 24.0 Å². The third-order valence-electron chi connectivity index (χ3n) is 3.28. The largest absolute Gasteiger partial charge is 0.371 e. The van der Waals surface area contributed by atoms with Crippen molar-refractivity contribution >= 4 is 29.1 Å². The molecule has 0 aliphatic rings. The summed E-state index contributed by atoms with van der Waals surface area (Å²) in [4.78, 5) is 2.24. The first-order valence-electron chi connectivity index (χ1n) is 6.24. The molecule has 1 unspecified atom stereocenters. The molecule has 2 atom stereocenters. The molecule has 18 heavy (non-hydrogen) atoms. The monoisotopic (exact) mass is 286 g/mol. The molecule has 1 rings (SSSR count). The van der Waals surface area contributed by atoms with E-state index in [1.54, 1.807) is 0 Å². The summed E-state index contributed by atoms with van der Waals surface area (Å²) < 4.78 is 0. The third-order valence-corrected chi connectivity index (χ3v) is 4.23. The first kappa shape index (κ1) is 15.7. The molecule has 0 aliphatic heterocycles. The van der Waals surface area contributed by atoms with Crippen LogP contribution in [-0.4, -0.2) is 25.1 Å². The maximum Gasteiger partial charge on any atom is 0.0642 e. The van der Waals surface area contributed by atoms with Crippen molar-refractivity contribution < 1.29 is 0 Å². The second-order valence-electron chi connectivity index (χ2n) is 4.74. The molecule has 1 aromatic rings. The number of hydrogen-bond donors (Lipinski definition) is 1. The van der Waals surface area contributed by atoms with E-state index < -0.39 is 0 Å². The lowest BCUT2D eigenvalue weighted by Crippen LogP contribution is -2.29. The Morgan fingerprint density at radius 2 is 2.06 bits per heavy atom. The number of hydrogen-bond acceptors (Lipinski definition) is 3. The lowest BCUT2D eigenvalue weighted by Gasteiger charge is -2.28. The summed E-state index contributed by atoms with van der Waals surface area (Å²) in [5.74, 6) is 1.17. The van der Waals surface area contributed by atoms with Gasteiger partial charge in [-0.05, 0) is 50.0 Å². The fraction of sp³-hybridized carbons (Fsp3) is 0.571. The van der Waals surface area contributed by atoms with Crippen LogP contribution >= 0.6 is 23.4 Å². The van der Waals surface area contributed by atoms with E-state index >= 15 is 0 Å². The quantitative estimate of drug-likeness (QED) is 0.859. The van der Waals surface area contributed by atoms with Gasteiger partial charge in [-0.25, -0.2) is 0 Å².